The smallest absolute Gasteiger partial charge is 0.171 e. The molecular formula is C10H6ClNO2. The van der Waals surface area contributed by atoms with E-state index in [-0.39, 0.29) is 5.69 Å². The van der Waals surface area contributed by atoms with Crippen LogP contribution in [0.2, 0.25) is 5.02 Å². The van der Waals surface area contributed by atoms with Gasteiger partial charge in [-0.1, -0.05) is 16.8 Å². The topological polar surface area (TPSA) is 43.1 Å². The average molecular weight is 208 g/mol. The molecule has 0 aliphatic carbocycles. The number of rotatable bonds is 2. The van der Waals surface area contributed by atoms with Gasteiger partial charge in [0.05, 0.1) is 0 Å². The molecule has 0 saturated carbocycles. The van der Waals surface area contributed by atoms with E-state index in [0.29, 0.717) is 17.1 Å². The molecule has 2 rings (SSSR count). The zero-order chi connectivity index (χ0) is 9.97. The molecule has 14 heavy (non-hydrogen) atoms. The predicted molar refractivity (Wildman–Crippen MR) is 52.3 cm³/mol. The molecule has 0 radical (unpaired) electrons. The Morgan fingerprint density at radius 1 is 1.29 bits per heavy atom. The molecule has 0 saturated heterocycles. The zero-order valence-corrected chi connectivity index (χ0v) is 7.86. The minimum Gasteiger partial charge on any atom is -0.356 e. The molecule has 1 heterocycles. The quantitative estimate of drug-likeness (QED) is 0.712. The summed E-state index contributed by atoms with van der Waals surface area (Å²) in [5, 5.41) is 4.21. The van der Waals surface area contributed by atoms with E-state index < -0.39 is 0 Å². The van der Waals surface area contributed by atoms with E-state index in [2.05, 4.69) is 5.16 Å². The van der Waals surface area contributed by atoms with Crippen molar-refractivity contribution in [2.75, 3.05) is 0 Å². The largest absolute Gasteiger partial charge is 0.356 e. The van der Waals surface area contributed by atoms with Crippen LogP contribution in [-0.4, -0.2) is 11.4 Å². The van der Waals surface area contributed by atoms with Crippen molar-refractivity contribution in [2.24, 2.45) is 0 Å². The molecule has 2 aromatic rings. The first-order valence-electron chi connectivity index (χ1n) is 3.97. The van der Waals surface area contributed by atoms with Gasteiger partial charge in [0.1, 0.15) is 5.69 Å². The highest BCUT2D eigenvalue weighted by atomic mass is 35.5. The molecule has 70 valence electrons. The van der Waals surface area contributed by atoms with Crippen LogP contribution in [0.5, 0.6) is 0 Å². The van der Waals surface area contributed by atoms with Crippen LogP contribution in [0.3, 0.4) is 0 Å². The van der Waals surface area contributed by atoms with Crippen molar-refractivity contribution in [1.82, 2.24) is 5.16 Å². The van der Waals surface area contributed by atoms with Crippen molar-refractivity contribution >= 4 is 17.9 Å². The number of carbonyl (C=O) groups is 1. The van der Waals surface area contributed by atoms with Crippen molar-refractivity contribution in [3.8, 4) is 11.3 Å². The Kier molecular flexibility index (Phi) is 2.33. The normalized spacial score (nSPS) is 10.1. The molecule has 3 nitrogen and oxygen atoms in total. The van der Waals surface area contributed by atoms with E-state index in [9.17, 15) is 4.79 Å². The second-order valence-corrected chi connectivity index (χ2v) is 3.18. The van der Waals surface area contributed by atoms with Gasteiger partial charge in [-0.15, -0.1) is 0 Å². The zero-order valence-electron chi connectivity index (χ0n) is 7.11. The van der Waals surface area contributed by atoms with Crippen molar-refractivity contribution in [3.05, 3.63) is 41.0 Å². The van der Waals surface area contributed by atoms with E-state index in [1.807, 2.05) is 0 Å². The van der Waals surface area contributed by atoms with Gasteiger partial charge in [-0.2, -0.15) is 0 Å². The number of aldehydes is 1. The molecule has 0 aliphatic heterocycles. The molecule has 0 bridgehead atoms. The maximum absolute atomic E-state index is 10.4. The molecular weight excluding hydrogens is 202 g/mol. The summed E-state index contributed by atoms with van der Waals surface area (Å²) in [7, 11) is 0. The highest BCUT2D eigenvalue weighted by Gasteiger charge is 2.05. The summed E-state index contributed by atoms with van der Waals surface area (Å²) >= 11 is 5.73. The maximum atomic E-state index is 10.4. The third kappa shape index (κ3) is 1.67. The number of halogens is 1. The first kappa shape index (κ1) is 8.97. The number of carbonyl (C=O) groups excluding carboxylic acids is 1. The summed E-state index contributed by atoms with van der Waals surface area (Å²) in [4.78, 5) is 10.4. The maximum Gasteiger partial charge on any atom is 0.171 e. The number of hydrogen-bond donors (Lipinski definition) is 0. The van der Waals surface area contributed by atoms with E-state index in [1.165, 1.54) is 0 Å². The molecule has 0 atom stereocenters. The van der Waals surface area contributed by atoms with E-state index in [1.54, 1.807) is 30.3 Å². The van der Waals surface area contributed by atoms with Gasteiger partial charge in [-0.05, 0) is 24.3 Å². The standard InChI is InChI=1S/C10H6ClNO2/c11-8-3-1-7(2-4-8)10-5-9(6-13)12-14-10/h1-6H. The third-order valence-electron chi connectivity index (χ3n) is 1.78. The van der Waals surface area contributed by atoms with Gasteiger partial charge < -0.3 is 4.52 Å². The molecule has 1 aromatic heterocycles. The Balaban J connectivity index is 2.39. The van der Waals surface area contributed by atoms with Crippen LogP contribution < -0.4 is 0 Å². The second kappa shape index (κ2) is 3.64. The minimum absolute atomic E-state index is 0.287. The Morgan fingerprint density at radius 3 is 2.57 bits per heavy atom. The summed E-state index contributed by atoms with van der Waals surface area (Å²) in [6.45, 7) is 0. The number of benzene rings is 1. The van der Waals surface area contributed by atoms with Crippen LogP contribution in [0.4, 0.5) is 0 Å². The van der Waals surface area contributed by atoms with Gasteiger partial charge in [0.15, 0.2) is 12.0 Å². The van der Waals surface area contributed by atoms with Crippen LogP contribution >= 0.6 is 11.6 Å². The molecule has 0 spiro atoms. The average Bonchev–Trinajstić information content (AvgIpc) is 2.67. The summed E-state index contributed by atoms with van der Waals surface area (Å²) < 4.78 is 4.96. The fourth-order valence-electron chi connectivity index (χ4n) is 1.09. The summed E-state index contributed by atoms with van der Waals surface area (Å²) in [6, 6.07) is 8.69. The number of nitrogens with zero attached hydrogens (tertiary/aromatic N) is 1. The van der Waals surface area contributed by atoms with Crippen LogP contribution in [0, 0.1) is 0 Å². The van der Waals surface area contributed by atoms with Gasteiger partial charge in [-0.25, -0.2) is 0 Å². The van der Waals surface area contributed by atoms with E-state index >= 15 is 0 Å². The Labute approximate surface area is 85.3 Å². The molecule has 0 aliphatic rings. The summed E-state index contributed by atoms with van der Waals surface area (Å²) in [6.07, 6.45) is 0.642. The van der Waals surface area contributed by atoms with Gasteiger partial charge in [0, 0.05) is 16.7 Å². The SMILES string of the molecule is O=Cc1cc(-c2ccc(Cl)cc2)on1. The monoisotopic (exact) mass is 207 g/mol. The molecule has 0 unspecified atom stereocenters. The van der Waals surface area contributed by atoms with Gasteiger partial charge in [0.25, 0.3) is 0 Å². The van der Waals surface area contributed by atoms with E-state index in [0.717, 1.165) is 5.56 Å². The van der Waals surface area contributed by atoms with Crippen molar-refractivity contribution < 1.29 is 9.32 Å². The van der Waals surface area contributed by atoms with Crippen molar-refractivity contribution in [3.63, 3.8) is 0 Å². The van der Waals surface area contributed by atoms with Crippen molar-refractivity contribution in [1.29, 1.82) is 0 Å². The lowest BCUT2D eigenvalue weighted by molar-refractivity contribution is 0.111. The Morgan fingerprint density at radius 2 is 2.00 bits per heavy atom. The molecule has 1 aromatic carbocycles. The first-order valence-corrected chi connectivity index (χ1v) is 4.35. The minimum atomic E-state index is 0.287. The number of aromatic nitrogens is 1. The molecule has 0 amide bonds. The summed E-state index contributed by atoms with van der Waals surface area (Å²) in [5.41, 5.74) is 1.13. The van der Waals surface area contributed by atoms with E-state index in [4.69, 9.17) is 16.1 Å². The third-order valence-corrected chi connectivity index (χ3v) is 2.03. The molecule has 0 N–H and O–H groups in total. The highest BCUT2D eigenvalue weighted by molar-refractivity contribution is 6.30. The summed E-state index contributed by atoms with van der Waals surface area (Å²) in [5.74, 6) is 0.559. The van der Waals surface area contributed by atoms with Crippen LogP contribution in [0.25, 0.3) is 11.3 Å². The van der Waals surface area contributed by atoms with Gasteiger partial charge in [0.2, 0.25) is 0 Å². The number of hydrogen-bond acceptors (Lipinski definition) is 3. The Bertz CT molecular complexity index is 447. The second-order valence-electron chi connectivity index (χ2n) is 2.74. The first-order chi connectivity index (χ1) is 6.79. The lowest BCUT2D eigenvalue weighted by Crippen LogP contribution is -1.74. The van der Waals surface area contributed by atoms with Gasteiger partial charge >= 0.3 is 0 Å². The van der Waals surface area contributed by atoms with Crippen molar-refractivity contribution in [2.45, 2.75) is 0 Å². The van der Waals surface area contributed by atoms with Gasteiger partial charge in [-0.3, -0.25) is 4.79 Å². The van der Waals surface area contributed by atoms with Crippen LogP contribution in [0.1, 0.15) is 10.5 Å². The fraction of sp³-hybridized carbons (Fsp3) is 0. The highest BCUT2D eigenvalue weighted by Crippen LogP contribution is 2.21. The molecule has 4 heteroatoms. The lowest BCUT2D eigenvalue weighted by Gasteiger charge is -1.93. The van der Waals surface area contributed by atoms with Crippen LogP contribution in [-0.2, 0) is 0 Å². The molecule has 0 fully saturated rings. The fourth-order valence-corrected chi connectivity index (χ4v) is 1.22. The predicted octanol–water partition coefficient (Wildman–Crippen LogP) is 2.81. The lowest BCUT2D eigenvalue weighted by atomic mass is 10.2. The van der Waals surface area contributed by atoms with Crippen LogP contribution in [0.15, 0.2) is 34.9 Å². The Hall–Kier alpha value is -1.61.